The summed E-state index contributed by atoms with van der Waals surface area (Å²) in [6.45, 7) is 7.49. The van der Waals surface area contributed by atoms with Crippen molar-refractivity contribution in [1.82, 2.24) is 0 Å². The van der Waals surface area contributed by atoms with E-state index >= 15 is 0 Å². The Morgan fingerprint density at radius 1 is 0.880 bits per heavy atom. The molecule has 0 heterocycles. The molecule has 0 aliphatic heterocycles. The fourth-order valence-electron chi connectivity index (χ4n) is 4.17. The van der Waals surface area contributed by atoms with E-state index in [2.05, 4.69) is 80.7 Å². The average Bonchev–Trinajstić information content (AvgIpc) is 3.11. The predicted molar refractivity (Wildman–Crippen MR) is 97.7 cm³/mol. The summed E-state index contributed by atoms with van der Waals surface area (Å²) in [5.74, 6) is 0. The number of benzene rings is 2. The van der Waals surface area contributed by atoms with Gasteiger partial charge in [0.05, 0.1) is 0 Å². The molecule has 0 atom stereocenters. The Morgan fingerprint density at radius 2 is 1.40 bits per heavy atom. The summed E-state index contributed by atoms with van der Waals surface area (Å²) in [7, 11) is 0. The topological polar surface area (TPSA) is 0 Å². The van der Waals surface area contributed by atoms with Crippen molar-refractivity contribution >= 4 is 5.43 Å². The Labute approximate surface area is 171 Å². The van der Waals surface area contributed by atoms with Crippen molar-refractivity contribution in [1.29, 1.82) is 0 Å². The van der Waals surface area contributed by atoms with Crippen LogP contribution in [-0.4, -0.2) is 5.43 Å². The third kappa shape index (κ3) is 3.56. The van der Waals surface area contributed by atoms with Gasteiger partial charge in [-0.15, -0.1) is 0 Å². The maximum Gasteiger partial charge on any atom is -1.00 e. The van der Waals surface area contributed by atoms with Gasteiger partial charge in [0.2, 0.25) is 0 Å². The van der Waals surface area contributed by atoms with Crippen molar-refractivity contribution in [3.8, 4) is 11.1 Å². The molecule has 0 bridgehead atoms. The van der Waals surface area contributed by atoms with Gasteiger partial charge in [0, 0.05) is 0 Å². The summed E-state index contributed by atoms with van der Waals surface area (Å²) in [5.41, 5.74) is 7.58. The van der Waals surface area contributed by atoms with Crippen molar-refractivity contribution in [2.75, 3.05) is 0 Å². The van der Waals surface area contributed by atoms with Crippen LogP contribution < -0.4 is 24.8 Å². The first-order chi connectivity index (χ1) is 11.2. The van der Waals surface area contributed by atoms with Crippen LogP contribution in [0, 0.1) is 0 Å². The van der Waals surface area contributed by atoms with Crippen molar-refractivity contribution < 1.29 is 45.2 Å². The fraction of sp³-hybridized carbons (Fsp3) is 0.238. The third-order valence-electron chi connectivity index (χ3n) is 5.15. The minimum Gasteiger partial charge on any atom is -1.00 e. The van der Waals surface area contributed by atoms with Crippen LogP contribution in [0.2, 0.25) is 13.1 Å². The van der Waals surface area contributed by atoms with Crippen LogP contribution in [0.1, 0.15) is 28.1 Å². The molecule has 25 heavy (non-hydrogen) atoms. The molecule has 0 unspecified atom stereocenters. The van der Waals surface area contributed by atoms with Crippen LogP contribution in [0.15, 0.2) is 69.5 Å². The molecule has 0 spiro atoms. The van der Waals surface area contributed by atoms with E-state index in [1.54, 1.807) is 16.7 Å². The molecule has 4 heteroatoms. The number of allylic oxidation sites excluding steroid dienone is 4. The molecule has 2 aliphatic carbocycles. The molecule has 2 aromatic rings. The SMILES string of the molecule is CC1=[C]([Zr+2]([CH]2c3ccccc3-c3ccccc32)=[Si](C)C)CC=C1.[Cl-].[Cl-]. The molecule has 0 radical (unpaired) electrons. The van der Waals surface area contributed by atoms with E-state index in [1.807, 2.05) is 3.28 Å². The molecule has 2 aromatic carbocycles. The summed E-state index contributed by atoms with van der Waals surface area (Å²) < 4.78 is 2.61. The smallest absolute Gasteiger partial charge is 1.00 e. The first-order valence-corrected chi connectivity index (χ1v) is 17.2. The van der Waals surface area contributed by atoms with E-state index in [9.17, 15) is 0 Å². The summed E-state index contributed by atoms with van der Waals surface area (Å²) in [6.07, 6.45) is 5.99. The number of halogens is 2. The van der Waals surface area contributed by atoms with Crippen LogP contribution in [-0.2, 0) is 20.4 Å². The Bertz CT molecular complexity index is 847. The van der Waals surface area contributed by atoms with E-state index < -0.39 is 20.4 Å². The van der Waals surface area contributed by atoms with Crippen LogP contribution in [0.4, 0.5) is 0 Å². The van der Waals surface area contributed by atoms with Gasteiger partial charge in [-0.1, -0.05) is 0 Å². The number of rotatable bonds is 2. The zero-order valence-corrected chi connectivity index (χ0v) is 19.8. The Balaban J connectivity index is 0.00000113. The Kier molecular flexibility index (Phi) is 7.13. The quantitative estimate of drug-likeness (QED) is 0.544. The molecular formula is C21H22Cl2SiZr. The molecule has 0 nitrogen and oxygen atoms in total. The van der Waals surface area contributed by atoms with Gasteiger partial charge in [-0.25, -0.2) is 0 Å². The molecule has 0 N–H and O–H groups in total. The van der Waals surface area contributed by atoms with Crippen molar-refractivity contribution in [3.63, 3.8) is 0 Å². The molecule has 128 valence electrons. The second kappa shape index (κ2) is 8.53. The molecule has 0 saturated carbocycles. The monoisotopic (exact) mass is 462 g/mol. The predicted octanol–water partition coefficient (Wildman–Crippen LogP) is -0.132. The van der Waals surface area contributed by atoms with E-state index in [1.165, 1.54) is 17.5 Å². The molecule has 0 amide bonds. The van der Waals surface area contributed by atoms with Crippen molar-refractivity contribution in [3.05, 3.63) is 80.7 Å². The third-order valence-corrected chi connectivity index (χ3v) is 23.7. The number of hydrogen-bond acceptors (Lipinski definition) is 0. The van der Waals surface area contributed by atoms with Crippen LogP contribution in [0.25, 0.3) is 11.1 Å². The fourth-order valence-corrected chi connectivity index (χ4v) is 23.4. The molecule has 0 aromatic heterocycles. The molecule has 4 rings (SSSR count). The van der Waals surface area contributed by atoms with Crippen LogP contribution in [0.3, 0.4) is 0 Å². The minimum absolute atomic E-state index is 0. The van der Waals surface area contributed by atoms with Gasteiger partial charge in [-0.05, 0) is 0 Å². The van der Waals surface area contributed by atoms with Gasteiger partial charge in [0.25, 0.3) is 0 Å². The van der Waals surface area contributed by atoms with E-state index in [-0.39, 0.29) is 30.2 Å². The molecule has 0 fully saturated rings. The van der Waals surface area contributed by atoms with E-state index in [0.717, 1.165) is 3.63 Å². The maximum atomic E-state index is 2.57. The summed E-state index contributed by atoms with van der Waals surface area (Å²) in [4.78, 5) is 0. The molecule has 0 saturated heterocycles. The van der Waals surface area contributed by atoms with Gasteiger partial charge in [-0.3, -0.25) is 0 Å². The van der Waals surface area contributed by atoms with Gasteiger partial charge in [0.1, 0.15) is 0 Å². The zero-order valence-electron chi connectivity index (χ0n) is 14.8. The van der Waals surface area contributed by atoms with Crippen molar-refractivity contribution in [2.24, 2.45) is 0 Å². The van der Waals surface area contributed by atoms with Gasteiger partial charge in [0.15, 0.2) is 0 Å². The van der Waals surface area contributed by atoms with Crippen LogP contribution >= 0.6 is 0 Å². The summed E-state index contributed by atoms with van der Waals surface area (Å²) >= 11 is -1.73. The number of fused-ring (bicyclic) bond motifs is 3. The normalized spacial score (nSPS) is 14.2. The standard InChI is InChI=1S/C13H9.C6H7.C2H6Si.2ClH.Zr/c1-3-7-12-10(5-1)9-11-6-2-4-8-13(11)12;1-6-4-2-3-5-6;1-3-2;;;/h1-9H;2,4H,3H2,1H3;1-2H3;2*1H;/q;;;;;+2/p-2. The van der Waals surface area contributed by atoms with E-state index in [4.69, 9.17) is 0 Å². The van der Waals surface area contributed by atoms with E-state index in [0.29, 0.717) is 0 Å². The van der Waals surface area contributed by atoms with Crippen molar-refractivity contribution in [2.45, 2.75) is 30.1 Å². The summed E-state index contributed by atoms with van der Waals surface area (Å²) in [5, 5.41) is 0. The molecule has 2 aliphatic rings. The zero-order chi connectivity index (χ0) is 16.0. The average molecular weight is 465 g/mol. The maximum absolute atomic E-state index is 2.57. The second-order valence-electron chi connectivity index (χ2n) is 6.79. The van der Waals surface area contributed by atoms with Gasteiger partial charge >= 0.3 is 148 Å². The number of hydrogen-bond donors (Lipinski definition) is 0. The van der Waals surface area contributed by atoms with Crippen LogP contribution in [0.5, 0.6) is 0 Å². The first kappa shape index (κ1) is 20.9. The first-order valence-electron chi connectivity index (χ1n) is 8.40. The van der Waals surface area contributed by atoms with Gasteiger partial charge in [-0.2, -0.15) is 0 Å². The summed E-state index contributed by atoms with van der Waals surface area (Å²) in [6, 6.07) is 18.4. The Morgan fingerprint density at radius 3 is 1.84 bits per heavy atom. The largest absolute Gasteiger partial charge is 1.00 e. The van der Waals surface area contributed by atoms with Gasteiger partial charge < -0.3 is 24.8 Å². The molecular weight excluding hydrogens is 442 g/mol. The Hall–Kier alpha value is -0.400. The second-order valence-corrected chi connectivity index (χ2v) is 24.3. The minimum atomic E-state index is -1.73.